The average molecular weight is 474 g/mol. The van der Waals surface area contributed by atoms with Crippen molar-refractivity contribution in [2.24, 2.45) is 5.10 Å². The Morgan fingerprint density at radius 1 is 0.939 bits per heavy atom. The Bertz CT molecular complexity index is 1410. The van der Waals surface area contributed by atoms with Crippen molar-refractivity contribution in [3.63, 3.8) is 0 Å². The van der Waals surface area contributed by atoms with E-state index in [1.807, 2.05) is 73.7 Å². The van der Waals surface area contributed by atoms with Crippen LogP contribution in [-0.4, -0.2) is 21.6 Å². The normalized spacial score (nSPS) is 15.7. The molecule has 1 atom stereocenters. The first-order valence-corrected chi connectivity index (χ1v) is 11.5. The molecule has 0 N–H and O–H groups in total. The number of carbonyl (C=O) groups is 1. The fourth-order valence-electron chi connectivity index (χ4n) is 4.54. The van der Waals surface area contributed by atoms with Gasteiger partial charge in [0, 0.05) is 45.6 Å². The summed E-state index contributed by atoms with van der Waals surface area (Å²) in [5.41, 5.74) is 6.47. The highest BCUT2D eigenvalue weighted by Crippen LogP contribution is 2.40. The SMILES string of the molecule is CC(=O)N1N=C(c2c(C)nc3ccccc3c2-c2ccc(Cl)cc2)C[C@@H]1c1ccccc1Cl. The lowest BCUT2D eigenvalue weighted by Crippen LogP contribution is -2.24. The van der Waals surface area contributed by atoms with Gasteiger partial charge >= 0.3 is 0 Å². The van der Waals surface area contributed by atoms with E-state index in [2.05, 4.69) is 6.07 Å². The second-order valence-electron chi connectivity index (χ2n) is 8.12. The van der Waals surface area contributed by atoms with Crippen LogP contribution in [0.3, 0.4) is 0 Å². The van der Waals surface area contributed by atoms with Crippen LogP contribution in [0.2, 0.25) is 10.0 Å². The molecule has 0 saturated heterocycles. The number of nitrogens with zero attached hydrogens (tertiary/aromatic N) is 3. The number of fused-ring (bicyclic) bond motifs is 1. The molecule has 33 heavy (non-hydrogen) atoms. The topological polar surface area (TPSA) is 45.6 Å². The van der Waals surface area contributed by atoms with E-state index in [1.165, 1.54) is 11.9 Å². The van der Waals surface area contributed by atoms with Crippen LogP contribution in [0.5, 0.6) is 0 Å². The van der Waals surface area contributed by atoms with Crippen LogP contribution >= 0.6 is 23.2 Å². The lowest BCUT2D eigenvalue weighted by Gasteiger charge is -2.21. The lowest BCUT2D eigenvalue weighted by atomic mass is 9.89. The number of aryl methyl sites for hydroxylation is 1. The Morgan fingerprint density at radius 2 is 1.64 bits per heavy atom. The molecule has 0 fully saturated rings. The van der Waals surface area contributed by atoms with Crippen molar-refractivity contribution >= 4 is 45.7 Å². The first-order chi connectivity index (χ1) is 15.9. The molecule has 0 aliphatic carbocycles. The van der Waals surface area contributed by atoms with Crippen LogP contribution in [0.1, 0.15) is 36.2 Å². The Labute approximate surface area is 202 Å². The monoisotopic (exact) mass is 473 g/mol. The van der Waals surface area contributed by atoms with Crippen molar-refractivity contribution < 1.29 is 4.79 Å². The Hall–Kier alpha value is -3.21. The highest BCUT2D eigenvalue weighted by Gasteiger charge is 2.34. The highest BCUT2D eigenvalue weighted by atomic mass is 35.5. The molecule has 0 bridgehead atoms. The summed E-state index contributed by atoms with van der Waals surface area (Å²) in [6, 6.07) is 23.2. The Balaban J connectivity index is 1.73. The van der Waals surface area contributed by atoms with Crippen molar-refractivity contribution in [3.05, 3.63) is 99.7 Å². The van der Waals surface area contributed by atoms with Crippen molar-refractivity contribution in [1.29, 1.82) is 0 Å². The molecule has 0 unspecified atom stereocenters. The van der Waals surface area contributed by atoms with Crippen LogP contribution in [-0.2, 0) is 4.79 Å². The predicted molar refractivity (Wildman–Crippen MR) is 135 cm³/mol. The molecule has 5 rings (SSSR count). The summed E-state index contributed by atoms with van der Waals surface area (Å²) in [5.74, 6) is -0.130. The van der Waals surface area contributed by atoms with E-state index in [0.717, 1.165) is 44.6 Å². The molecule has 1 aliphatic heterocycles. The summed E-state index contributed by atoms with van der Waals surface area (Å²) < 4.78 is 0. The third kappa shape index (κ3) is 3.90. The van der Waals surface area contributed by atoms with E-state index in [-0.39, 0.29) is 11.9 Å². The summed E-state index contributed by atoms with van der Waals surface area (Å²) in [7, 11) is 0. The molecule has 4 nitrogen and oxygen atoms in total. The number of hydrazone groups is 1. The molecule has 0 radical (unpaired) electrons. The predicted octanol–water partition coefficient (Wildman–Crippen LogP) is 7.21. The van der Waals surface area contributed by atoms with E-state index in [4.69, 9.17) is 33.3 Å². The largest absolute Gasteiger partial charge is 0.273 e. The van der Waals surface area contributed by atoms with Gasteiger partial charge in [-0.15, -0.1) is 0 Å². The number of hydrogen-bond acceptors (Lipinski definition) is 3. The van der Waals surface area contributed by atoms with Crippen molar-refractivity contribution in [1.82, 2.24) is 9.99 Å². The number of aromatic nitrogens is 1. The molecule has 0 spiro atoms. The summed E-state index contributed by atoms with van der Waals surface area (Å²) in [6.07, 6.45) is 0.546. The second kappa shape index (κ2) is 8.62. The zero-order chi connectivity index (χ0) is 23.1. The molecule has 0 saturated carbocycles. The summed E-state index contributed by atoms with van der Waals surface area (Å²) >= 11 is 12.7. The summed E-state index contributed by atoms with van der Waals surface area (Å²) in [6.45, 7) is 3.52. The summed E-state index contributed by atoms with van der Waals surface area (Å²) in [5, 5.41) is 8.67. The van der Waals surface area contributed by atoms with Crippen LogP contribution in [0.25, 0.3) is 22.0 Å². The molecule has 2 heterocycles. The summed E-state index contributed by atoms with van der Waals surface area (Å²) in [4.78, 5) is 17.4. The van der Waals surface area contributed by atoms with Gasteiger partial charge in [-0.1, -0.05) is 71.7 Å². The molecule has 1 aromatic heterocycles. The quantitative estimate of drug-likeness (QED) is 0.315. The lowest BCUT2D eigenvalue weighted by molar-refractivity contribution is -0.130. The van der Waals surface area contributed by atoms with Gasteiger partial charge in [0.2, 0.25) is 5.91 Å². The second-order valence-corrected chi connectivity index (χ2v) is 8.97. The van der Waals surface area contributed by atoms with E-state index in [1.54, 1.807) is 0 Å². The smallest absolute Gasteiger partial charge is 0.240 e. The van der Waals surface area contributed by atoms with Crippen LogP contribution < -0.4 is 0 Å². The minimum atomic E-state index is -0.268. The minimum Gasteiger partial charge on any atom is -0.273 e. The standard InChI is InChI=1S/C27H21Cl2N3O/c1-16-26(24-15-25(32(31-24)17(2)33)20-7-3-5-9-22(20)29)27(18-11-13-19(28)14-12-18)21-8-4-6-10-23(21)30-16/h3-14,25H,15H2,1-2H3/t25-/m1/s1. The molecular formula is C27H21Cl2N3O. The zero-order valence-electron chi connectivity index (χ0n) is 18.2. The van der Waals surface area contributed by atoms with Gasteiger partial charge in [-0.2, -0.15) is 5.10 Å². The fourth-order valence-corrected chi connectivity index (χ4v) is 4.93. The average Bonchev–Trinajstić information content (AvgIpc) is 3.24. The first kappa shape index (κ1) is 21.6. The van der Waals surface area contributed by atoms with Gasteiger partial charge in [-0.3, -0.25) is 9.78 Å². The van der Waals surface area contributed by atoms with Crippen LogP contribution in [0.15, 0.2) is 77.9 Å². The third-order valence-electron chi connectivity index (χ3n) is 5.99. The molecule has 4 aromatic rings. The molecule has 164 valence electrons. The maximum atomic E-state index is 12.6. The van der Waals surface area contributed by atoms with Gasteiger partial charge in [0.1, 0.15) is 0 Å². The highest BCUT2D eigenvalue weighted by molar-refractivity contribution is 6.31. The van der Waals surface area contributed by atoms with Gasteiger partial charge < -0.3 is 0 Å². The minimum absolute atomic E-state index is 0.130. The van der Waals surface area contributed by atoms with Crippen LogP contribution in [0.4, 0.5) is 0 Å². The van der Waals surface area contributed by atoms with Gasteiger partial charge in [0.25, 0.3) is 0 Å². The van der Waals surface area contributed by atoms with E-state index in [9.17, 15) is 4.79 Å². The number of para-hydroxylation sites is 1. The maximum absolute atomic E-state index is 12.6. The molecule has 3 aromatic carbocycles. The Kier molecular flexibility index (Phi) is 5.65. The third-order valence-corrected chi connectivity index (χ3v) is 6.59. The number of hydrogen-bond donors (Lipinski definition) is 0. The van der Waals surface area contributed by atoms with E-state index in [0.29, 0.717) is 16.5 Å². The first-order valence-electron chi connectivity index (χ1n) is 10.7. The molecule has 1 amide bonds. The molecular weight excluding hydrogens is 453 g/mol. The number of carbonyl (C=O) groups excluding carboxylic acids is 1. The van der Waals surface area contributed by atoms with Crippen molar-refractivity contribution in [2.45, 2.75) is 26.3 Å². The van der Waals surface area contributed by atoms with Crippen molar-refractivity contribution in [2.75, 3.05) is 0 Å². The maximum Gasteiger partial charge on any atom is 0.240 e. The van der Waals surface area contributed by atoms with E-state index < -0.39 is 0 Å². The van der Waals surface area contributed by atoms with Gasteiger partial charge in [0.15, 0.2) is 0 Å². The fraction of sp³-hybridized carbons (Fsp3) is 0.148. The number of halogens is 2. The number of rotatable bonds is 3. The zero-order valence-corrected chi connectivity index (χ0v) is 19.7. The van der Waals surface area contributed by atoms with Gasteiger partial charge in [-0.25, -0.2) is 5.01 Å². The number of amides is 1. The van der Waals surface area contributed by atoms with Crippen LogP contribution in [0, 0.1) is 6.92 Å². The van der Waals surface area contributed by atoms with Gasteiger partial charge in [-0.05, 0) is 42.3 Å². The number of benzene rings is 3. The Morgan fingerprint density at radius 3 is 2.36 bits per heavy atom. The number of pyridine rings is 1. The molecule has 6 heteroatoms. The van der Waals surface area contributed by atoms with E-state index >= 15 is 0 Å². The van der Waals surface area contributed by atoms with Crippen molar-refractivity contribution in [3.8, 4) is 11.1 Å². The van der Waals surface area contributed by atoms with Gasteiger partial charge in [0.05, 0.1) is 17.3 Å². The molecule has 1 aliphatic rings.